The van der Waals surface area contributed by atoms with E-state index < -0.39 is 24.1 Å². The molecule has 2 aromatic rings. The van der Waals surface area contributed by atoms with Crippen molar-refractivity contribution in [3.05, 3.63) is 48.0 Å². The summed E-state index contributed by atoms with van der Waals surface area (Å²) in [5.74, 6) is 0. The highest BCUT2D eigenvalue weighted by Gasteiger charge is 2.52. The van der Waals surface area contributed by atoms with Crippen LogP contribution in [0.25, 0.3) is 10.8 Å². The van der Waals surface area contributed by atoms with Gasteiger partial charge in [-0.2, -0.15) is 0 Å². The fraction of sp³-hybridized carbons (Fsp3) is 0.333. The second-order valence-electron chi connectivity index (χ2n) is 5.05. The lowest BCUT2D eigenvalue weighted by molar-refractivity contribution is -0.308. The molecule has 0 unspecified atom stereocenters. The minimum absolute atomic E-state index is 0.227. The summed E-state index contributed by atoms with van der Waals surface area (Å²) < 4.78 is 4.97. The molecule has 20 heavy (non-hydrogen) atoms. The van der Waals surface area contributed by atoms with Crippen LogP contribution in [0.1, 0.15) is 5.56 Å². The first kappa shape index (κ1) is 13.5. The molecular weight excluding hydrogens is 260 g/mol. The van der Waals surface area contributed by atoms with Gasteiger partial charge in [-0.1, -0.05) is 42.5 Å². The van der Waals surface area contributed by atoms with Gasteiger partial charge in [0.05, 0.1) is 6.61 Å². The Balaban J connectivity index is 2.22. The van der Waals surface area contributed by atoms with Crippen LogP contribution in [0.2, 0.25) is 0 Å². The predicted octanol–water partition coefficient (Wildman–Crippen LogP) is 0.0978. The van der Waals surface area contributed by atoms with Crippen LogP contribution in [0.15, 0.2) is 42.5 Å². The molecule has 4 atom stereocenters. The Bertz CT molecular complexity index is 623. The number of fused-ring (bicyclic) bond motifs is 1. The number of aliphatic hydroxyl groups excluding tert-OH is 3. The normalized spacial score (nSPS) is 34.3. The molecule has 0 bridgehead atoms. The average molecular weight is 276 g/mol. The van der Waals surface area contributed by atoms with E-state index in [2.05, 4.69) is 0 Å². The van der Waals surface area contributed by atoms with E-state index in [4.69, 9.17) is 4.74 Å². The lowest BCUT2D eigenvalue weighted by atomic mass is 9.81. The third-order valence-corrected chi connectivity index (χ3v) is 3.84. The van der Waals surface area contributed by atoms with Crippen LogP contribution < -0.4 is 0 Å². The molecule has 5 nitrogen and oxygen atoms in total. The number of benzene rings is 2. The largest absolute Gasteiger partial charge is 0.388 e. The molecule has 0 aromatic heterocycles. The fourth-order valence-electron chi connectivity index (χ4n) is 2.71. The van der Waals surface area contributed by atoms with E-state index in [1.807, 2.05) is 18.2 Å². The standard InChI is InChI=1S/C15H16O5/c16-12-8-20-14(18)15(19,13(12)17)11-7-3-5-9-4-1-2-6-10(9)11/h1-7,12-14,16-19H,8H2/t12-,13+,14+,15-/m1/s1. The maximum atomic E-state index is 10.8. The quantitative estimate of drug-likeness (QED) is 0.593. The topological polar surface area (TPSA) is 90.2 Å². The van der Waals surface area contributed by atoms with Crippen LogP contribution in [0.3, 0.4) is 0 Å². The third-order valence-electron chi connectivity index (χ3n) is 3.84. The van der Waals surface area contributed by atoms with E-state index in [9.17, 15) is 20.4 Å². The third kappa shape index (κ3) is 1.83. The molecule has 0 radical (unpaired) electrons. The van der Waals surface area contributed by atoms with Crippen LogP contribution in [-0.4, -0.2) is 45.5 Å². The molecule has 0 saturated carbocycles. The number of rotatable bonds is 1. The van der Waals surface area contributed by atoms with Gasteiger partial charge in [0.1, 0.15) is 12.2 Å². The van der Waals surface area contributed by atoms with Gasteiger partial charge in [-0.15, -0.1) is 0 Å². The number of aliphatic hydroxyl groups is 4. The summed E-state index contributed by atoms with van der Waals surface area (Å²) in [4.78, 5) is 0. The number of hydrogen-bond donors (Lipinski definition) is 4. The predicted molar refractivity (Wildman–Crippen MR) is 71.8 cm³/mol. The molecular formula is C15H16O5. The van der Waals surface area contributed by atoms with E-state index in [1.165, 1.54) is 0 Å². The van der Waals surface area contributed by atoms with Gasteiger partial charge < -0.3 is 25.2 Å². The van der Waals surface area contributed by atoms with Crippen LogP contribution in [0.4, 0.5) is 0 Å². The van der Waals surface area contributed by atoms with E-state index >= 15 is 0 Å². The summed E-state index contributed by atoms with van der Waals surface area (Å²) in [5, 5.41) is 42.2. The van der Waals surface area contributed by atoms with Crippen LogP contribution >= 0.6 is 0 Å². The highest BCUT2D eigenvalue weighted by Crippen LogP contribution is 2.38. The summed E-state index contributed by atoms with van der Waals surface area (Å²) >= 11 is 0. The molecule has 0 amide bonds. The highest BCUT2D eigenvalue weighted by molar-refractivity contribution is 5.86. The zero-order chi connectivity index (χ0) is 14.3. The Morgan fingerprint density at radius 1 is 1.00 bits per heavy atom. The second-order valence-corrected chi connectivity index (χ2v) is 5.05. The van der Waals surface area contributed by atoms with Crippen LogP contribution in [0, 0.1) is 0 Å². The maximum absolute atomic E-state index is 10.8. The summed E-state index contributed by atoms with van der Waals surface area (Å²) in [6.45, 7) is -0.227. The molecule has 106 valence electrons. The smallest absolute Gasteiger partial charge is 0.190 e. The summed E-state index contributed by atoms with van der Waals surface area (Å²) in [6.07, 6.45) is -4.40. The van der Waals surface area contributed by atoms with Crippen LogP contribution in [0.5, 0.6) is 0 Å². The van der Waals surface area contributed by atoms with Crippen molar-refractivity contribution in [3.8, 4) is 0 Å². The molecule has 1 heterocycles. The van der Waals surface area contributed by atoms with Crippen molar-refractivity contribution in [2.45, 2.75) is 24.1 Å². The minimum atomic E-state index is -2.07. The fourth-order valence-corrected chi connectivity index (χ4v) is 2.71. The Kier molecular flexibility index (Phi) is 3.24. The van der Waals surface area contributed by atoms with Gasteiger partial charge in [0, 0.05) is 0 Å². The van der Waals surface area contributed by atoms with Gasteiger partial charge >= 0.3 is 0 Å². The number of ether oxygens (including phenoxy) is 1. The highest BCUT2D eigenvalue weighted by atomic mass is 16.6. The molecule has 4 N–H and O–H groups in total. The van der Waals surface area contributed by atoms with Crippen molar-refractivity contribution >= 4 is 10.8 Å². The van der Waals surface area contributed by atoms with Gasteiger partial charge in [-0.25, -0.2) is 0 Å². The first-order valence-corrected chi connectivity index (χ1v) is 6.41. The Morgan fingerprint density at radius 3 is 2.50 bits per heavy atom. The molecule has 1 aliphatic heterocycles. The average Bonchev–Trinajstić information content (AvgIpc) is 2.48. The van der Waals surface area contributed by atoms with Gasteiger partial charge in [0.15, 0.2) is 11.9 Å². The van der Waals surface area contributed by atoms with E-state index in [-0.39, 0.29) is 6.61 Å². The second kappa shape index (κ2) is 4.80. The minimum Gasteiger partial charge on any atom is -0.388 e. The van der Waals surface area contributed by atoms with Crippen molar-refractivity contribution in [2.75, 3.05) is 6.61 Å². The summed E-state index contributed by atoms with van der Waals surface area (Å²) in [5.41, 5.74) is -1.74. The lowest BCUT2D eigenvalue weighted by Gasteiger charge is -2.43. The molecule has 3 rings (SSSR count). The van der Waals surface area contributed by atoms with Crippen molar-refractivity contribution in [2.24, 2.45) is 0 Å². The first-order chi connectivity index (χ1) is 9.55. The molecule has 1 fully saturated rings. The van der Waals surface area contributed by atoms with Gasteiger partial charge in [0.2, 0.25) is 0 Å². The van der Waals surface area contributed by atoms with Crippen LogP contribution in [-0.2, 0) is 10.3 Å². The molecule has 2 aromatic carbocycles. The Morgan fingerprint density at radius 2 is 1.70 bits per heavy atom. The molecule has 0 aliphatic carbocycles. The van der Waals surface area contributed by atoms with Gasteiger partial charge in [-0.3, -0.25) is 0 Å². The maximum Gasteiger partial charge on any atom is 0.190 e. The first-order valence-electron chi connectivity index (χ1n) is 6.41. The van der Waals surface area contributed by atoms with Crippen molar-refractivity contribution in [1.29, 1.82) is 0 Å². The zero-order valence-electron chi connectivity index (χ0n) is 10.7. The van der Waals surface area contributed by atoms with Gasteiger partial charge in [-0.05, 0) is 16.3 Å². The molecule has 1 aliphatic rings. The molecule has 5 heteroatoms. The lowest BCUT2D eigenvalue weighted by Crippen LogP contribution is -2.60. The SMILES string of the molecule is O[C@@H]1CO[C@H](O)[C@@](O)(c2cccc3ccccc23)[C@H]1O. The van der Waals surface area contributed by atoms with E-state index in [0.717, 1.165) is 5.39 Å². The van der Waals surface area contributed by atoms with E-state index in [0.29, 0.717) is 10.9 Å². The van der Waals surface area contributed by atoms with Crippen molar-refractivity contribution in [1.82, 2.24) is 0 Å². The zero-order valence-corrected chi connectivity index (χ0v) is 10.7. The summed E-state index contributed by atoms with van der Waals surface area (Å²) in [7, 11) is 0. The van der Waals surface area contributed by atoms with Crippen molar-refractivity contribution < 1.29 is 25.2 Å². The Hall–Kier alpha value is -1.50. The molecule has 1 saturated heterocycles. The molecule has 0 spiro atoms. The van der Waals surface area contributed by atoms with E-state index in [1.54, 1.807) is 24.3 Å². The monoisotopic (exact) mass is 276 g/mol. The van der Waals surface area contributed by atoms with Gasteiger partial charge in [0.25, 0.3) is 0 Å². The number of hydrogen-bond acceptors (Lipinski definition) is 5. The summed E-state index contributed by atoms with van der Waals surface area (Å²) in [6, 6.07) is 12.5. The Labute approximate surface area is 115 Å². The van der Waals surface area contributed by atoms with Crippen molar-refractivity contribution in [3.63, 3.8) is 0 Å².